The third-order valence-corrected chi connectivity index (χ3v) is 1.64. The quantitative estimate of drug-likeness (QED) is 0.596. The maximum atomic E-state index is 11.2. The van der Waals surface area contributed by atoms with Gasteiger partial charge in [-0.15, -0.1) is 0 Å². The summed E-state index contributed by atoms with van der Waals surface area (Å²) in [6, 6.07) is 0. The molecule has 0 aromatic rings. The summed E-state index contributed by atoms with van der Waals surface area (Å²) in [6.45, 7) is 7.94. The van der Waals surface area contributed by atoms with Gasteiger partial charge in [0.05, 0.1) is 6.10 Å². The average molecular weight is 174 g/mol. The molecular formula is C9H18O3. The molecule has 0 bridgehead atoms. The van der Waals surface area contributed by atoms with E-state index in [-0.39, 0.29) is 12.1 Å². The monoisotopic (exact) mass is 174 g/mol. The predicted octanol–water partition coefficient (Wildman–Crippen LogP) is 1.75. The minimum absolute atomic E-state index is 0.0135. The van der Waals surface area contributed by atoms with Crippen LogP contribution in [0, 0.1) is 0 Å². The Balaban J connectivity index is 3.70. The number of esters is 1. The summed E-state index contributed by atoms with van der Waals surface area (Å²) in [6.07, 6.45) is 0.384. The van der Waals surface area contributed by atoms with Gasteiger partial charge >= 0.3 is 5.97 Å². The van der Waals surface area contributed by atoms with E-state index in [1.54, 1.807) is 6.92 Å². The Morgan fingerprint density at radius 3 is 2.33 bits per heavy atom. The van der Waals surface area contributed by atoms with Crippen molar-refractivity contribution in [2.75, 3.05) is 6.61 Å². The standard InChI is InChI=1S/C9H18O3/c1-5-7(3)12-9(10)8(4)11-6-2/h7-8H,5-6H2,1-4H3. The fraction of sp³-hybridized carbons (Fsp3) is 0.889. The summed E-state index contributed by atoms with van der Waals surface area (Å²) in [7, 11) is 0. The first-order chi connectivity index (χ1) is 5.61. The maximum absolute atomic E-state index is 11.2. The molecule has 0 N–H and O–H groups in total. The van der Waals surface area contributed by atoms with Gasteiger partial charge in [-0.25, -0.2) is 4.79 Å². The lowest BCUT2D eigenvalue weighted by Gasteiger charge is -2.15. The minimum Gasteiger partial charge on any atom is -0.461 e. The molecular weight excluding hydrogens is 156 g/mol. The van der Waals surface area contributed by atoms with Crippen LogP contribution in [0.3, 0.4) is 0 Å². The molecule has 0 aromatic heterocycles. The van der Waals surface area contributed by atoms with Crippen molar-refractivity contribution in [3.63, 3.8) is 0 Å². The summed E-state index contributed by atoms with van der Waals surface area (Å²) >= 11 is 0. The van der Waals surface area contributed by atoms with Crippen molar-refractivity contribution in [2.24, 2.45) is 0 Å². The second-order valence-electron chi connectivity index (χ2n) is 2.75. The van der Waals surface area contributed by atoms with E-state index in [2.05, 4.69) is 0 Å². The van der Waals surface area contributed by atoms with E-state index >= 15 is 0 Å². The van der Waals surface area contributed by atoms with Crippen LogP contribution in [0.4, 0.5) is 0 Å². The number of hydrogen-bond donors (Lipinski definition) is 0. The highest BCUT2D eigenvalue weighted by atomic mass is 16.6. The van der Waals surface area contributed by atoms with Crippen molar-refractivity contribution in [1.82, 2.24) is 0 Å². The molecule has 12 heavy (non-hydrogen) atoms. The Kier molecular flexibility index (Phi) is 5.72. The second-order valence-corrected chi connectivity index (χ2v) is 2.75. The molecule has 0 aliphatic carbocycles. The van der Waals surface area contributed by atoms with Gasteiger partial charge in [0.25, 0.3) is 0 Å². The van der Waals surface area contributed by atoms with E-state index < -0.39 is 6.10 Å². The van der Waals surface area contributed by atoms with Gasteiger partial charge in [-0.3, -0.25) is 0 Å². The Labute approximate surface area is 74.0 Å². The van der Waals surface area contributed by atoms with Gasteiger partial charge in [0, 0.05) is 6.61 Å². The summed E-state index contributed by atoms with van der Waals surface area (Å²) in [4.78, 5) is 11.2. The zero-order valence-corrected chi connectivity index (χ0v) is 8.29. The van der Waals surface area contributed by atoms with Crippen LogP contribution in [-0.2, 0) is 14.3 Å². The SMILES string of the molecule is CCOC(C)C(=O)OC(C)CC. The number of hydrogen-bond acceptors (Lipinski definition) is 3. The molecule has 2 atom stereocenters. The molecule has 3 heteroatoms. The third kappa shape index (κ3) is 4.34. The van der Waals surface area contributed by atoms with Gasteiger partial charge in [-0.2, -0.15) is 0 Å². The van der Waals surface area contributed by atoms with Crippen molar-refractivity contribution in [3.8, 4) is 0 Å². The van der Waals surface area contributed by atoms with E-state index in [4.69, 9.17) is 9.47 Å². The summed E-state index contributed by atoms with van der Waals surface area (Å²) in [5.74, 6) is -0.272. The van der Waals surface area contributed by atoms with Crippen LogP contribution in [0.2, 0.25) is 0 Å². The molecule has 0 saturated carbocycles. The highest BCUT2D eigenvalue weighted by molar-refractivity contribution is 5.74. The number of carbonyl (C=O) groups excluding carboxylic acids is 1. The Morgan fingerprint density at radius 2 is 1.92 bits per heavy atom. The highest BCUT2D eigenvalue weighted by Gasteiger charge is 2.15. The topological polar surface area (TPSA) is 35.5 Å². The van der Waals surface area contributed by atoms with Gasteiger partial charge in [0.15, 0.2) is 6.10 Å². The van der Waals surface area contributed by atoms with Gasteiger partial charge in [-0.1, -0.05) is 6.92 Å². The Hall–Kier alpha value is -0.570. The van der Waals surface area contributed by atoms with Crippen LogP contribution in [0.15, 0.2) is 0 Å². The van der Waals surface area contributed by atoms with E-state index in [1.807, 2.05) is 20.8 Å². The zero-order chi connectivity index (χ0) is 9.56. The van der Waals surface area contributed by atoms with Crippen LogP contribution in [-0.4, -0.2) is 24.8 Å². The molecule has 0 spiro atoms. The number of ether oxygens (including phenoxy) is 2. The first-order valence-corrected chi connectivity index (χ1v) is 4.43. The molecule has 0 aliphatic rings. The van der Waals surface area contributed by atoms with Crippen molar-refractivity contribution in [1.29, 1.82) is 0 Å². The van der Waals surface area contributed by atoms with E-state index in [0.29, 0.717) is 6.61 Å². The van der Waals surface area contributed by atoms with E-state index in [1.165, 1.54) is 0 Å². The summed E-state index contributed by atoms with van der Waals surface area (Å²) in [5.41, 5.74) is 0. The first-order valence-electron chi connectivity index (χ1n) is 4.43. The van der Waals surface area contributed by atoms with Gasteiger partial charge in [-0.05, 0) is 27.2 Å². The molecule has 72 valence electrons. The largest absolute Gasteiger partial charge is 0.461 e. The Bertz CT molecular complexity index is 134. The smallest absolute Gasteiger partial charge is 0.335 e. The minimum atomic E-state index is -0.441. The molecule has 0 radical (unpaired) electrons. The molecule has 0 amide bonds. The third-order valence-electron chi connectivity index (χ3n) is 1.64. The van der Waals surface area contributed by atoms with Crippen molar-refractivity contribution < 1.29 is 14.3 Å². The highest BCUT2D eigenvalue weighted by Crippen LogP contribution is 2.01. The molecule has 0 saturated heterocycles. The van der Waals surface area contributed by atoms with Crippen LogP contribution in [0.25, 0.3) is 0 Å². The molecule has 0 fully saturated rings. The van der Waals surface area contributed by atoms with Crippen molar-refractivity contribution >= 4 is 5.97 Å². The Morgan fingerprint density at radius 1 is 1.33 bits per heavy atom. The predicted molar refractivity (Wildman–Crippen MR) is 46.9 cm³/mol. The van der Waals surface area contributed by atoms with Crippen LogP contribution < -0.4 is 0 Å². The van der Waals surface area contributed by atoms with Crippen LogP contribution in [0.1, 0.15) is 34.1 Å². The molecule has 3 nitrogen and oxygen atoms in total. The molecule has 0 rings (SSSR count). The van der Waals surface area contributed by atoms with Gasteiger partial charge < -0.3 is 9.47 Å². The fourth-order valence-corrected chi connectivity index (χ4v) is 0.695. The normalized spacial score (nSPS) is 15.3. The molecule has 0 heterocycles. The fourth-order valence-electron chi connectivity index (χ4n) is 0.695. The summed E-state index contributed by atoms with van der Waals surface area (Å²) < 4.78 is 10.1. The second kappa shape index (κ2) is 6.00. The number of rotatable bonds is 5. The number of carbonyl (C=O) groups is 1. The molecule has 0 aromatic carbocycles. The molecule has 2 unspecified atom stereocenters. The van der Waals surface area contributed by atoms with Crippen molar-refractivity contribution in [3.05, 3.63) is 0 Å². The molecule has 0 aliphatic heterocycles. The van der Waals surface area contributed by atoms with Crippen LogP contribution in [0.5, 0.6) is 0 Å². The lowest BCUT2D eigenvalue weighted by atomic mass is 10.3. The van der Waals surface area contributed by atoms with E-state index in [0.717, 1.165) is 6.42 Å². The zero-order valence-electron chi connectivity index (χ0n) is 8.29. The maximum Gasteiger partial charge on any atom is 0.335 e. The average Bonchev–Trinajstić information content (AvgIpc) is 2.04. The lowest BCUT2D eigenvalue weighted by molar-refractivity contribution is -0.160. The van der Waals surface area contributed by atoms with Crippen LogP contribution >= 0.6 is 0 Å². The van der Waals surface area contributed by atoms with Gasteiger partial charge in [0.2, 0.25) is 0 Å². The van der Waals surface area contributed by atoms with E-state index in [9.17, 15) is 4.79 Å². The lowest BCUT2D eigenvalue weighted by Crippen LogP contribution is -2.26. The first kappa shape index (κ1) is 11.4. The van der Waals surface area contributed by atoms with Gasteiger partial charge in [0.1, 0.15) is 0 Å². The van der Waals surface area contributed by atoms with Crippen molar-refractivity contribution in [2.45, 2.75) is 46.3 Å². The summed E-state index contributed by atoms with van der Waals surface area (Å²) in [5, 5.41) is 0.